The molecule has 0 spiro atoms. The van der Waals surface area contributed by atoms with Crippen LogP contribution in [0.15, 0.2) is 0 Å². The summed E-state index contributed by atoms with van der Waals surface area (Å²) in [4.78, 5) is 8.69. The fraction of sp³-hybridized carbons (Fsp3) is 0.667. The van der Waals surface area contributed by atoms with Crippen molar-refractivity contribution in [3.63, 3.8) is 0 Å². The number of fused-ring (bicyclic) bond motifs is 1. The molecule has 1 aromatic heterocycles. The monoisotopic (exact) mass is 220 g/mol. The third-order valence-electron chi connectivity index (χ3n) is 3.27. The van der Waals surface area contributed by atoms with Gasteiger partial charge in [0.15, 0.2) is 0 Å². The van der Waals surface area contributed by atoms with E-state index < -0.39 is 0 Å². The third-order valence-corrected chi connectivity index (χ3v) is 3.27. The van der Waals surface area contributed by atoms with Gasteiger partial charge in [-0.05, 0) is 36.8 Å². The molecular weight excluding hydrogens is 200 g/mol. The van der Waals surface area contributed by atoms with E-state index in [1.165, 1.54) is 12.0 Å². The van der Waals surface area contributed by atoms with E-state index in [0.717, 1.165) is 30.7 Å². The Morgan fingerprint density at radius 2 is 2.06 bits per heavy atom. The molecule has 0 atom stereocenters. The minimum Gasteiger partial charge on any atom is -0.368 e. The van der Waals surface area contributed by atoms with Crippen molar-refractivity contribution in [3.05, 3.63) is 17.0 Å². The molecule has 88 valence electrons. The first-order valence-electron chi connectivity index (χ1n) is 5.86. The van der Waals surface area contributed by atoms with Gasteiger partial charge in [0.25, 0.3) is 0 Å². The van der Waals surface area contributed by atoms with Crippen LogP contribution in [0.5, 0.6) is 0 Å². The molecule has 0 unspecified atom stereocenters. The molecule has 0 bridgehead atoms. The molecule has 16 heavy (non-hydrogen) atoms. The van der Waals surface area contributed by atoms with Gasteiger partial charge >= 0.3 is 0 Å². The number of nitrogens with zero attached hydrogens (tertiary/aromatic N) is 2. The highest BCUT2D eigenvalue weighted by Gasteiger charge is 2.28. The summed E-state index contributed by atoms with van der Waals surface area (Å²) < 4.78 is 0. The van der Waals surface area contributed by atoms with E-state index in [-0.39, 0.29) is 0 Å². The first-order chi connectivity index (χ1) is 7.52. The minimum atomic E-state index is 0.327. The van der Waals surface area contributed by atoms with E-state index in [1.54, 1.807) is 0 Å². The molecule has 4 nitrogen and oxygen atoms in total. The van der Waals surface area contributed by atoms with Crippen molar-refractivity contribution < 1.29 is 0 Å². The average molecular weight is 220 g/mol. The number of hydrogen-bond acceptors (Lipinski definition) is 4. The van der Waals surface area contributed by atoms with Crippen molar-refractivity contribution in [3.8, 4) is 0 Å². The summed E-state index contributed by atoms with van der Waals surface area (Å²) in [6.45, 7) is 5.17. The number of hydrogen-bond donors (Lipinski definition) is 2. The second-order valence-corrected chi connectivity index (χ2v) is 5.33. The lowest BCUT2D eigenvalue weighted by Crippen LogP contribution is -2.26. The SMILES string of the molecule is CC1(C)CCc2c(CCN)nc(N)nc2C1. The zero-order chi connectivity index (χ0) is 11.8. The van der Waals surface area contributed by atoms with Crippen LogP contribution in [0.1, 0.15) is 37.2 Å². The number of nitrogen functional groups attached to an aromatic ring is 1. The fourth-order valence-corrected chi connectivity index (χ4v) is 2.39. The van der Waals surface area contributed by atoms with Crippen LogP contribution in [-0.2, 0) is 19.3 Å². The molecule has 0 radical (unpaired) electrons. The molecule has 1 aliphatic rings. The average Bonchev–Trinajstić information content (AvgIpc) is 2.15. The maximum absolute atomic E-state index is 5.74. The van der Waals surface area contributed by atoms with Gasteiger partial charge in [-0.3, -0.25) is 0 Å². The third kappa shape index (κ3) is 2.16. The van der Waals surface area contributed by atoms with Crippen LogP contribution in [0.2, 0.25) is 0 Å². The highest BCUT2D eigenvalue weighted by molar-refractivity contribution is 5.34. The van der Waals surface area contributed by atoms with E-state index >= 15 is 0 Å². The van der Waals surface area contributed by atoms with Gasteiger partial charge < -0.3 is 11.5 Å². The molecule has 1 aromatic rings. The summed E-state index contributed by atoms with van der Waals surface area (Å²) in [5.74, 6) is 0.389. The van der Waals surface area contributed by atoms with E-state index in [0.29, 0.717) is 17.9 Å². The number of nitrogens with two attached hydrogens (primary N) is 2. The Morgan fingerprint density at radius 1 is 1.31 bits per heavy atom. The molecule has 0 aliphatic heterocycles. The van der Waals surface area contributed by atoms with Gasteiger partial charge in [0, 0.05) is 12.1 Å². The number of rotatable bonds is 2. The topological polar surface area (TPSA) is 77.8 Å². The fourth-order valence-electron chi connectivity index (χ4n) is 2.39. The second kappa shape index (κ2) is 4.01. The van der Waals surface area contributed by atoms with Gasteiger partial charge in [-0.25, -0.2) is 9.97 Å². The van der Waals surface area contributed by atoms with Crippen LogP contribution in [0.25, 0.3) is 0 Å². The van der Waals surface area contributed by atoms with E-state index in [9.17, 15) is 0 Å². The molecular formula is C12H20N4. The van der Waals surface area contributed by atoms with E-state index in [2.05, 4.69) is 23.8 Å². The Morgan fingerprint density at radius 3 is 2.75 bits per heavy atom. The summed E-state index contributed by atoms with van der Waals surface area (Å²) in [5.41, 5.74) is 15.1. The minimum absolute atomic E-state index is 0.327. The molecule has 0 saturated carbocycles. The van der Waals surface area contributed by atoms with Gasteiger partial charge in [0.2, 0.25) is 5.95 Å². The Hall–Kier alpha value is -1.16. The summed E-state index contributed by atoms with van der Waals surface area (Å²) in [7, 11) is 0. The highest BCUT2D eigenvalue weighted by atomic mass is 15.0. The van der Waals surface area contributed by atoms with Crippen molar-refractivity contribution in [1.82, 2.24) is 9.97 Å². The summed E-state index contributed by atoms with van der Waals surface area (Å²) >= 11 is 0. The van der Waals surface area contributed by atoms with Gasteiger partial charge in [-0.2, -0.15) is 0 Å². The molecule has 0 saturated heterocycles. The van der Waals surface area contributed by atoms with Gasteiger partial charge in [-0.15, -0.1) is 0 Å². The number of aromatic nitrogens is 2. The van der Waals surface area contributed by atoms with Crippen molar-refractivity contribution in [1.29, 1.82) is 0 Å². The Bertz CT molecular complexity index is 398. The zero-order valence-corrected chi connectivity index (χ0v) is 10.1. The van der Waals surface area contributed by atoms with Crippen molar-refractivity contribution in [2.24, 2.45) is 11.1 Å². The van der Waals surface area contributed by atoms with Gasteiger partial charge in [-0.1, -0.05) is 13.8 Å². The first kappa shape index (κ1) is 11.3. The van der Waals surface area contributed by atoms with Crippen LogP contribution >= 0.6 is 0 Å². The van der Waals surface area contributed by atoms with Crippen LogP contribution in [0.3, 0.4) is 0 Å². The Kier molecular flexibility index (Phi) is 2.84. The number of anilines is 1. The lowest BCUT2D eigenvalue weighted by atomic mass is 9.76. The predicted molar refractivity (Wildman–Crippen MR) is 65.0 cm³/mol. The van der Waals surface area contributed by atoms with E-state index in [1.807, 2.05) is 0 Å². The summed E-state index contributed by atoms with van der Waals surface area (Å²) in [6, 6.07) is 0. The maximum atomic E-state index is 5.74. The molecule has 0 amide bonds. The lowest BCUT2D eigenvalue weighted by Gasteiger charge is -2.31. The molecule has 0 fully saturated rings. The largest absolute Gasteiger partial charge is 0.368 e. The van der Waals surface area contributed by atoms with Crippen molar-refractivity contribution in [2.45, 2.75) is 39.5 Å². The van der Waals surface area contributed by atoms with Crippen LogP contribution in [0, 0.1) is 5.41 Å². The summed E-state index contributed by atoms with van der Waals surface area (Å²) in [6.07, 6.45) is 4.03. The Balaban J connectivity index is 2.41. The van der Waals surface area contributed by atoms with Crippen molar-refractivity contribution >= 4 is 5.95 Å². The second-order valence-electron chi connectivity index (χ2n) is 5.33. The van der Waals surface area contributed by atoms with Crippen molar-refractivity contribution in [2.75, 3.05) is 12.3 Å². The molecule has 4 heteroatoms. The quantitative estimate of drug-likeness (QED) is 0.781. The van der Waals surface area contributed by atoms with Crippen LogP contribution < -0.4 is 11.5 Å². The van der Waals surface area contributed by atoms with E-state index in [4.69, 9.17) is 11.5 Å². The van der Waals surface area contributed by atoms with Crippen LogP contribution in [-0.4, -0.2) is 16.5 Å². The lowest BCUT2D eigenvalue weighted by molar-refractivity contribution is 0.309. The normalized spacial score (nSPS) is 18.2. The van der Waals surface area contributed by atoms with Gasteiger partial charge in [0.1, 0.15) is 0 Å². The highest BCUT2D eigenvalue weighted by Crippen LogP contribution is 2.35. The van der Waals surface area contributed by atoms with Crippen LogP contribution in [0.4, 0.5) is 5.95 Å². The Labute approximate surface area is 96.5 Å². The summed E-state index contributed by atoms with van der Waals surface area (Å²) in [5, 5.41) is 0. The zero-order valence-electron chi connectivity index (χ0n) is 10.1. The smallest absolute Gasteiger partial charge is 0.220 e. The standard InChI is InChI=1S/C12H20N4/c1-12(2)5-3-8-9(4-6-13)15-11(14)16-10(8)7-12/h3-7,13H2,1-2H3,(H2,14,15,16). The molecule has 1 aliphatic carbocycles. The predicted octanol–water partition coefficient (Wildman–Crippen LogP) is 1.07. The first-order valence-corrected chi connectivity index (χ1v) is 5.86. The molecule has 0 aromatic carbocycles. The molecule has 4 N–H and O–H groups in total. The molecule has 2 rings (SSSR count). The maximum Gasteiger partial charge on any atom is 0.220 e. The molecule has 1 heterocycles. The van der Waals surface area contributed by atoms with Gasteiger partial charge in [0.05, 0.1) is 5.69 Å².